The van der Waals surface area contributed by atoms with Gasteiger partial charge >= 0.3 is 0 Å². The van der Waals surface area contributed by atoms with Crippen molar-refractivity contribution in [3.05, 3.63) is 58.4 Å². The maximum atomic E-state index is 12.0. The van der Waals surface area contributed by atoms with Crippen LogP contribution in [0.1, 0.15) is 34.6 Å². The molecule has 1 heterocycles. The molecule has 0 aliphatic heterocycles. The Kier molecular flexibility index (Phi) is 4.12. The van der Waals surface area contributed by atoms with Gasteiger partial charge in [0.25, 0.3) is 5.91 Å². The molecule has 0 bridgehead atoms. The number of aryl methyl sites for hydroxylation is 1. The minimum Gasteiger partial charge on any atom is -0.344 e. The van der Waals surface area contributed by atoms with Gasteiger partial charge in [0.05, 0.1) is 6.04 Å². The van der Waals surface area contributed by atoms with Gasteiger partial charge in [0.2, 0.25) is 0 Å². The molecule has 19 heavy (non-hydrogen) atoms. The lowest BCUT2D eigenvalue weighted by molar-refractivity contribution is 0.0933. The van der Waals surface area contributed by atoms with Crippen LogP contribution in [0.3, 0.4) is 0 Å². The van der Waals surface area contributed by atoms with Gasteiger partial charge in [0.1, 0.15) is 0 Å². The number of benzene rings is 1. The monoisotopic (exact) mass is 275 g/mol. The Morgan fingerprint density at radius 1 is 1.21 bits per heavy atom. The first-order chi connectivity index (χ1) is 9.08. The number of hydrogen-bond donors (Lipinski definition) is 1. The van der Waals surface area contributed by atoms with Crippen molar-refractivity contribution in [1.29, 1.82) is 0 Å². The Bertz CT molecular complexity index is 583. The van der Waals surface area contributed by atoms with Gasteiger partial charge in [0, 0.05) is 0 Å². The number of hydrogen-bond acceptors (Lipinski definition) is 3. The van der Waals surface area contributed by atoms with Gasteiger partial charge in [-0.3, -0.25) is 4.79 Å². The summed E-state index contributed by atoms with van der Waals surface area (Å²) in [6, 6.07) is 10.9. The predicted octanol–water partition coefficient (Wildman–Crippen LogP) is 2.93. The van der Waals surface area contributed by atoms with Gasteiger partial charge in [-0.15, -0.1) is 10.2 Å². The normalized spacial score (nSPS) is 11.9. The highest BCUT2D eigenvalue weighted by molar-refractivity contribution is 6.29. The van der Waals surface area contributed by atoms with E-state index in [0.29, 0.717) is 0 Å². The van der Waals surface area contributed by atoms with Crippen molar-refractivity contribution < 1.29 is 4.79 Å². The minimum absolute atomic E-state index is 0.0915. The summed E-state index contributed by atoms with van der Waals surface area (Å²) < 4.78 is 0. The molecule has 1 atom stereocenters. The first-order valence-corrected chi connectivity index (χ1v) is 6.31. The molecular formula is C14H14ClN3O. The van der Waals surface area contributed by atoms with E-state index in [-0.39, 0.29) is 22.8 Å². The van der Waals surface area contributed by atoms with E-state index in [9.17, 15) is 4.79 Å². The molecule has 1 aromatic carbocycles. The van der Waals surface area contributed by atoms with Crippen LogP contribution in [0, 0.1) is 6.92 Å². The highest BCUT2D eigenvalue weighted by atomic mass is 35.5. The van der Waals surface area contributed by atoms with Crippen LogP contribution in [-0.4, -0.2) is 16.1 Å². The smallest absolute Gasteiger partial charge is 0.272 e. The summed E-state index contributed by atoms with van der Waals surface area (Å²) in [5.41, 5.74) is 2.47. The average molecular weight is 276 g/mol. The van der Waals surface area contributed by atoms with E-state index in [2.05, 4.69) is 15.5 Å². The van der Waals surface area contributed by atoms with E-state index in [4.69, 9.17) is 11.6 Å². The standard InChI is InChI=1S/C14H14ClN3O/c1-9-5-3-4-6-11(9)10(2)16-14(19)12-7-8-13(15)18-17-12/h3-8,10H,1-2H3,(H,16,19). The van der Waals surface area contributed by atoms with Crippen LogP contribution in [0.15, 0.2) is 36.4 Å². The lowest BCUT2D eigenvalue weighted by Crippen LogP contribution is -2.28. The van der Waals surface area contributed by atoms with Gasteiger partial charge in [-0.1, -0.05) is 35.9 Å². The Labute approximate surface area is 116 Å². The fraction of sp³-hybridized carbons (Fsp3) is 0.214. The molecule has 2 rings (SSSR count). The van der Waals surface area contributed by atoms with Crippen LogP contribution in [0.4, 0.5) is 0 Å². The zero-order valence-electron chi connectivity index (χ0n) is 10.7. The molecule has 0 saturated heterocycles. The van der Waals surface area contributed by atoms with Crippen LogP contribution in [0.2, 0.25) is 5.15 Å². The van der Waals surface area contributed by atoms with Crippen molar-refractivity contribution in [3.63, 3.8) is 0 Å². The van der Waals surface area contributed by atoms with Crippen LogP contribution < -0.4 is 5.32 Å². The molecule has 0 fully saturated rings. The van der Waals surface area contributed by atoms with Gasteiger partial charge < -0.3 is 5.32 Å². The Balaban J connectivity index is 2.11. The summed E-state index contributed by atoms with van der Waals surface area (Å²) in [4.78, 5) is 12.0. The number of nitrogens with zero attached hydrogens (tertiary/aromatic N) is 2. The van der Waals surface area contributed by atoms with Gasteiger partial charge in [-0.25, -0.2) is 0 Å². The molecule has 5 heteroatoms. The highest BCUT2D eigenvalue weighted by Crippen LogP contribution is 2.17. The van der Waals surface area contributed by atoms with Gasteiger partial charge in [-0.2, -0.15) is 0 Å². The minimum atomic E-state index is -0.264. The number of carbonyl (C=O) groups is 1. The third-order valence-electron chi connectivity index (χ3n) is 2.87. The first-order valence-electron chi connectivity index (χ1n) is 5.93. The van der Waals surface area contributed by atoms with Gasteiger partial charge in [0.15, 0.2) is 10.8 Å². The topological polar surface area (TPSA) is 54.9 Å². The molecule has 1 amide bonds. The third kappa shape index (κ3) is 3.29. The summed E-state index contributed by atoms with van der Waals surface area (Å²) in [6.45, 7) is 3.95. The predicted molar refractivity (Wildman–Crippen MR) is 74.1 cm³/mol. The molecule has 0 spiro atoms. The summed E-state index contributed by atoms with van der Waals surface area (Å²) in [6.07, 6.45) is 0. The molecule has 2 aromatic rings. The molecule has 4 nitrogen and oxygen atoms in total. The van der Waals surface area contributed by atoms with E-state index in [1.54, 1.807) is 12.1 Å². The number of carbonyl (C=O) groups excluding carboxylic acids is 1. The van der Waals surface area contributed by atoms with Crippen molar-refractivity contribution >= 4 is 17.5 Å². The van der Waals surface area contributed by atoms with Crippen molar-refractivity contribution in [2.24, 2.45) is 0 Å². The molecule has 0 saturated carbocycles. The number of rotatable bonds is 3. The molecule has 0 radical (unpaired) electrons. The second-order valence-corrected chi connectivity index (χ2v) is 4.68. The maximum absolute atomic E-state index is 12.0. The van der Waals surface area contributed by atoms with Crippen molar-refractivity contribution in [1.82, 2.24) is 15.5 Å². The number of nitrogens with one attached hydrogen (secondary N) is 1. The van der Waals surface area contributed by atoms with E-state index < -0.39 is 0 Å². The van der Waals surface area contributed by atoms with Crippen molar-refractivity contribution in [2.45, 2.75) is 19.9 Å². The summed E-state index contributed by atoms with van der Waals surface area (Å²) in [5, 5.41) is 10.6. The van der Waals surface area contributed by atoms with Crippen LogP contribution in [-0.2, 0) is 0 Å². The largest absolute Gasteiger partial charge is 0.344 e. The quantitative estimate of drug-likeness (QED) is 0.937. The fourth-order valence-corrected chi connectivity index (χ4v) is 1.96. The second-order valence-electron chi connectivity index (χ2n) is 4.29. The van der Waals surface area contributed by atoms with Crippen LogP contribution in [0.25, 0.3) is 0 Å². The van der Waals surface area contributed by atoms with Crippen molar-refractivity contribution in [2.75, 3.05) is 0 Å². The molecule has 0 aliphatic rings. The summed E-state index contributed by atoms with van der Waals surface area (Å²) in [5.74, 6) is -0.264. The molecule has 1 unspecified atom stereocenters. The molecule has 98 valence electrons. The Morgan fingerprint density at radius 3 is 2.58 bits per heavy atom. The molecule has 1 N–H and O–H groups in total. The van der Waals surface area contributed by atoms with E-state index in [0.717, 1.165) is 11.1 Å². The lowest BCUT2D eigenvalue weighted by Gasteiger charge is -2.16. The molecule has 1 aromatic heterocycles. The Hall–Kier alpha value is -1.94. The van der Waals surface area contributed by atoms with Gasteiger partial charge in [-0.05, 0) is 37.1 Å². The van der Waals surface area contributed by atoms with Crippen LogP contribution in [0.5, 0.6) is 0 Å². The summed E-state index contributed by atoms with van der Waals surface area (Å²) in [7, 11) is 0. The SMILES string of the molecule is Cc1ccccc1C(C)NC(=O)c1ccc(Cl)nn1. The zero-order chi connectivity index (χ0) is 13.8. The fourth-order valence-electron chi connectivity index (χ4n) is 1.86. The highest BCUT2D eigenvalue weighted by Gasteiger charge is 2.14. The average Bonchev–Trinajstić information content (AvgIpc) is 2.39. The van der Waals surface area contributed by atoms with E-state index in [1.165, 1.54) is 0 Å². The molecule has 0 aliphatic carbocycles. The maximum Gasteiger partial charge on any atom is 0.272 e. The summed E-state index contributed by atoms with van der Waals surface area (Å²) >= 11 is 5.63. The third-order valence-corrected chi connectivity index (χ3v) is 3.07. The zero-order valence-corrected chi connectivity index (χ0v) is 11.5. The first kappa shape index (κ1) is 13.5. The number of amides is 1. The number of halogens is 1. The van der Waals surface area contributed by atoms with Crippen LogP contribution >= 0.6 is 11.6 Å². The lowest BCUT2D eigenvalue weighted by atomic mass is 10.0. The van der Waals surface area contributed by atoms with E-state index >= 15 is 0 Å². The second kappa shape index (κ2) is 5.80. The Morgan fingerprint density at radius 2 is 1.95 bits per heavy atom. The number of aromatic nitrogens is 2. The molecular weight excluding hydrogens is 262 g/mol. The van der Waals surface area contributed by atoms with Crippen molar-refractivity contribution in [3.8, 4) is 0 Å². The van der Waals surface area contributed by atoms with E-state index in [1.807, 2.05) is 38.1 Å².